The van der Waals surface area contributed by atoms with E-state index in [2.05, 4.69) is 15.6 Å². The van der Waals surface area contributed by atoms with E-state index in [1.165, 1.54) is 17.4 Å². The third-order valence-electron chi connectivity index (χ3n) is 4.37. The van der Waals surface area contributed by atoms with Crippen LogP contribution < -0.4 is 10.6 Å². The van der Waals surface area contributed by atoms with Crippen LogP contribution in [0.2, 0.25) is 0 Å². The van der Waals surface area contributed by atoms with Gasteiger partial charge in [0.2, 0.25) is 11.8 Å². The van der Waals surface area contributed by atoms with Crippen molar-refractivity contribution in [3.63, 3.8) is 0 Å². The van der Waals surface area contributed by atoms with Crippen LogP contribution in [0, 0.1) is 17.6 Å². The van der Waals surface area contributed by atoms with E-state index < -0.39 is 17.5 Å². The first-order valence-electron chi connectivity index (χ1n) is 8.48. The average molecular weight is 379 g/mol. The zero-order valence-electron chi connectivity index (χ0n) is 14.1. The van der Waals surface area contributed by atoms with Crippen molar-refractivity contribution in [1.29, 1.82) is 0 Å². The fourth-order valence-corrected chi connectivity index (χ4v) is 3.67. The van der Waals surface area contributed by atoms with Gasteiger partial charge in [0.25, 0.3) is 0 Å². The molecule has 1 saturated carbocycles. The maximum atomic E-state index is 13.5. The van der Waals surface area contributed by atoms with Gasteiger partial charge in [-0.2, -0.15) is 0 Å². The number of amides is 2. The second-order valence-electron chi connectivity index (χ2n) is 6.27. The topological polar surface area (TPSA) is 71.1 Å². The molecule has 0 bridgehead atoms. The smallest absolute Gasteiger partial charge is 0.229 e. The number of halogens is 2. The van der Waals surface area contributed by atoms with Crippen LogP contribution in [0.5, 0.6) is 0 Å². The number of aromatic nitrogens is 1. The van der Waals surface area contributed by atoms with Crippen LogP contribution in [-0.4, -0.2) is 16.8 Å². The van der Waals surface area contributed by atoms with E-state index >= 15 is 0 Å². The van der Waals surface area contributed by atoms with Crippen LogP contribution in [0.4, 0.5) is 13.9 Å². The van der Waals surface area contributed by atoms with Gasteiger partial charge in [0.1, 0.15) is 11.6 Å². The SMILES string of the molecule is O=C(Cc1csc(NC(=O)C2CCCC2)n1)NCc1c(F)cccc1F. The van der Waals surface area contributed by atoms with Crippen molar-refractivity contribution in [3.8, 4) is 0 Å². The first kappa shape index (κ1) is 18.4. The van der Waals surface area contributed by atoms with E-state index in [1.807, 2.05) is 0 Å². The van der Waals surface area contributed by atoms with Gasteiger partial charge in [0.05, 0.1) is 12.1 Å². The van der Waals surface area contributed by atoms with Gasteiger partial charge in [-0.05, 0) is 25.0 Å². The number of rotatable bonds is 6. The maximum absolute atomic E-state index is 13.5. The highest BCUT2D eigenvalue weighted by atomic mass is 32.1. The third kappa shape index (κ3) is 4.63. The summed E-state index contributed by atoms with van der Waals surface area (Å²) in [6.07, 6.45) is 3.93. The number of thiazole rings is 1. The van der Waals surface area contributed by atoms with Crippen LogP contribution in [0.1, 0.15) is 36.9 Å². The molecule has 1 fully saturated rings. The van der Waals surface area contributed by atoms with Crippen molar-refractivity contribution < 1.29 is 18.4 Å². The molecule has 26 heavy (non-hydrogen) atoms. The molecule has 5 nitrogen and oxygen atoms in total. The van der Waals surface area contributed by atoms with E-state index in [9.17, 15) is 18.4 Å². The number of benzene rings is 1. The molecule has 0 unspecified atom stereocenters. The summed E-state index contributed by atoms with van der Waals surface area (Å²) in [5, 5.41) is 7.42. The molecule has 0 aliphatic heterocycles. The van der Waals surface area contributed by atoms with E-state index in [1.54, 1.807) is 5.38 Å². The second-order valence-corrected chi connectivity index (χ2v) is 7.13. The summed E-state index contributed by atoms with van der Waals surface area (Å²) in [4.78, 5) is 28.3. The Morgan fingerprint density at radius 3 is 2.58 bits per heavy atom. The molecule has 1 aliphatic carbocycles. The predicted molar refractivity (Wildman–Crippen MR) is 94.6 cm³/mol. The van der Waals surface area contributed by atoms with Crippen molar-refractivity contribution in [2.75, 3.05) is 5.32 Å². The van der Waals surface area contributed by atoms with Gasteiger partial charge in [0, 0.05) is 23.4 Å². The van der Waals surface area contributed by atoms with Crippen molar-refractivity contribution in [1.82, 2.24) is 10.3 Å². The quantitative estimate of drug-likeness (QED) is 0.808. The Hall–Kier alpha value is -2.35. The summed E-state index contributed by atoms with van der Waals surface area (Å²) >= 11 is 1.25. The first-order chi connectivity index (χ1) is 12.5. The standard InChI is InChI=1S/C18H19F2N3O2S/c19-14-6-3-7-15(20)13(14)9-21-16(24)8-12-10-26-18(22-12)23-17(25)11-4-1-2-5-11/h3,6-7,10-11H,1-2,4-5,8-9H2,(H,21,24)(H,22,23,25). The molecule has 1 aliphatic rings. The van der Waals surface area contributed by atoms with Gasteiger partial charge in [-0.15, -0.1) is 11.3 Å². The fraction of sp³-hybridized carbons (Fsp3) is 0.389. The molecule has 138 valence electrons. The Morgan fingerprint density at radius 1 is 1.19 bits per heavy atom. The molecule has 0 spiro atoms. The fourth-order valence-electron chi connectivity index (χ4n) is 2.96. The molecule has 0 saturated heterocycles. The lowest BCUT2D eigenvalue weighted by Crippen LogP contribution is -2.25. The normalized spacial score (nSPS) is 14.4. The highest BCUT2D eigenvalue weighted by Gasteiger charge is 2.23. The van der Waals surface area contributed by atoms with Crippen molar-refractivity contribution in [2.45, 2.75) is 38.6 Å². The largest absolute Gasteiger partial charge is 0.351 e. The van der Waals surface area contributed by atoms with Crippen LogP contribution >= 0.6 is 11.3 Å². The molecular formula is C18H19F2N3O2S. The third-order valence-corrected chi connectivity index (χ3v) is 5.18. The number of carbonyl (C=O) groups is 2. The van der Waals surface area contributed by atoms with Crippen molar-refractivity contribution >= 4 is 28.3 Å². The molecule has 1 aromatic carbocycles. The Labute approximate surface area is 153 Å². The lowest BCUT2D eigenvalue weighted by molar-refractivity contribution is -0.121. The predicted octanol–water partition coefficient (Wildman–Crippen LogP) is 3.41. The summed E-state index contributed by atoms with van der Waals surface area (Å²) in [5.41, 5.74) is 0.326. The molecule has 1 aromatic heterocycles. The van der Waals surface area contributed by atoms with Crippen molar-refractivity contribution in [3.05, 3.63) is 46.5 Å². The minimum absolute atomic E-state index is 0.0220. The molecular weight excluding hydrogens is 360 g/mol. The summed E-state index contributed by atoms with van der Waals surface area (Å²) in [5.74, 6) is -1.78. The maximum Gasteiger partial charge on any atom is 0.229 e. The average Bonchev–Trinajstić information content (AvgIpc) is 3.26. The van der Waals surface area contributed by atoms with Gasteiger partial charge in [-0.1, -0.05) is 18.9 Å². The zero-order chi connectivity index (χ0) is 18.5. The Balaban J connectivity index is 1.50. The Morgan fingerprint density at radius 2 is 1.88 bits per heavy atom. The monoisotopic (exact) mass is 379 g/mol. The van der Waals surface area contributed by atoms with Gasteiger partial charge < -0.3 is 10.6 Å². The van der Waals surface area contributed by atoms with Gasteiger partial charge in [-0.25, -0.2) is 13.8 Å². The number of anilines is 1. The number of nitrogens with one attached hydrogen (secondary N) is 2. The number of nitrogens with zero attached hydrogens (tertiary/aromatic N) is 1. The Bertz CT molecular complexity index is 783. The molecule has 8 heteroatoms. The van der Waals surface area contributed by atoms with Gasteiger partial charge in [0.15, 0.2) is 5.13 Å². The van der Waals surface area contributed by atoms with Crippen LogP contribution in [0.25, 0.3) is 0 Å². The number of carbonyl (C=O) groups excluding carboxylic acids is 2. The molecule has 2 amide bonds. The van der Waals surface area contributed by atoms with Crippen LogP contribution in [0.3, 0.4) is 0 Å². The molecule has 2 N–H and O–H groups in total. The van der Waals surface area contributed by atoms with Crippen molar-refractivity contribution in [2.24, 2.45) is 5.92 Å². The van der Waals surface area contributed by atoms with Crippen LogP contribution in [-0.2, 0) is 22.6 Å². The van der Waals surface area contributed by atoms with E-state index in [0.29, 0.717) is 10.8 Å². The highest BCUT2D eigenvalue weighted by molar-refractivity contribution is 7.13. The lowest BCUT2D eigenvalue weighted by atomic mass is 10.1. The van der Waals surface area contributed by atoms with E-state index in [0.717, 1.165) is 37.8 Å². The van der Waals surface area contributed by atoms with E-state index in [4.69, 9.17) is 0 Å². The first-order valence-corrected chi connectivity index (χ1v) is 9.35. The molecule has 0 atom stereocenters. The summed E-state index contributed by atoms with van der Waals surface area (Å²) < 4.78 is 27.1. The minimum Gasteiger partial charge on any atom is -0.351 e. The number of hydrogen-bond acceptors (Lipinski definition) is 4. The minimum atomic E-state index is -0.698. The summed E-state index contributed by atoms with van der Waals surface area (Å²) in [7, 11) is 0. The second kappa shape index (κ2) is 8.35. The number of hydrogen-bond donors (Lipinski definition) is 2. The molecule has 2 aromatic rings. The lowest BCUT2D eigenvalue weighted by Gasteiger charge is -2.07. The zero-order valence-corrected chi connectivity index (χ0v) is 14.9. The molecule has 0 radical (unpaired) electrons. The highest BCUT2D eigenvalue weighted by Crippen LogP contribution is 2.26. The van der Waals surface area contributed by atoms with Gasteiger partial charge in [-0.3, -0.25) is 9.59 Å². The van der Waals surface area contributed by atoms with Crippen LogP contribution in [0.15, 0.2) is 23.6 Å². The molecule has 1 heterocycles. The Kier molecular flexibility index (Phi) is 5.92. The molecule has 3 rings (SSSR count). The van der Waals surface area contributed by atoms with E-state index in [-0.39, 0.29) is 30.4 Å². The summed E-state index contributed by atoms with van der Waals surface area (Å²) in [6, 6.07) is 3.56. The van der Waals surface area contributed by atoms with Gasteiger partial charge >= 0.3 is 0 Å². The summed E-state index contributed by atoms with van der Waals surface area (Å²) in [6.45, 7) is -0.229.